The Morgan fingerprint density at radius 3 is 2.44 bits per heavy atom. The minimum atomic E-state index is 0.818. The van der Waals surface area contributed by atoms with Crippen molar-refractivity contribution in [2.45, 2.75) is 26.7 Å². The van der Waals surface area contributed by atoms with Crippen molar-refractivity contribution in [2.24, 2.45) is 5.92 Å². The van der Waals surface area contributed by atoms with Crippen LogP contribution < -0.4 is 0 Å². The molecule has 0 aromatic heterocycles. The molecule has 2 aliphatic rings. The van der Waals surface area contributed by atoms with Gasteiger partial charge >= 0.3 is 0 Å². The minimum Gasteiger partial charge on any atom is -0.374 e. The summed E-state index contributed by atoms with van der Waals surface area (Å²) < 4.78 is 0. The van der Waals surface area contributed by atoms with Gasteiger partial charge in [-0.1, -0.05) is 13.0 Å². The highest BCUT2D eigenvalue weighted by Crippen LogP contribution is 2.26. The predicted molar refractivity (Wildman–Crippen MR) is 69.3 cm³/mol. The van der Waals surface area contributed by atoms with Crippen molar-refractivity contribution in [3.05, 3.63) is 23.9 Å². The first-order valence-corrected chi connectivity index (χ1v) is 6.68. The molecule has 1 saturated heterocycles. The summed E-state index contributed by atoms with van der Waals surface area (Å²) in [5, 5.41) is 0. The number of rotatable bonds is 3. The van der Waals surface area contributed by atoms with Crippen molar-refractivity contribution in [1.82, 2.24) is 9.80 Å². The molecule has 90 valence electrons. The molecule has 0 amide bonds. The predicted octanol–water partition coefficient (Wildman–Crippen LogP) is 2.49. The zero-order valence-corrected chi connectivity index (χ0v) is 10.7. The molecule has 0 aromatic carbocycles. The highest BCUT2D eigenvalue weighted by molar-refractivity contribution is 5.25. The standard InChI is InChI=1S/C14H24N2/c1-3-15-9-5-13(6-10-15)14-7-11-16(4-2)12-8-14/h5-6,9,14H,3-4,7-8,10-12H2,1-2H3. The second-order valence-electron chi connectivity index (χ2n) is 4.82. The number of hydrogen-bond donors (Lipinski definition) is 0. The topological polar surface area (TPSA) is 6.48 Å². The van der Waals surface area contributed by atoms with Gasteiger partial charge in [0.05, 0.1) is 0 Å². The van der Waals surface area contributed by atoms with Gasteiger partial charge in [0.2, 0.25) is 0 Å². The van der Waals surface area contributed by atoms with Crippen LogP contribution in [0.2, 0.25) is 0 Å². The average molecular weight is 220 g/mol. The maximum absolute atomic E-state index is 2.56. The Kier molecular flexibility index (Phi) is 4.05. The number of likely N-dealkylation sites (N-methyl/N-ethyl adjacent to an activating group) is 1. The van der Waals surface area contributed by atoms with Crippen molar-refractivity contribution in [1.29, 1.82) is 0 Å². The minimum absolute atomic E-state index is 0.818. The molecule has 16 heavy (non-hydrogen) atoms. The Balaban J connectivity index is 1.86. The van der Waals surface area contributed by atoms with Gasteiger partial charge < -0.3 is 9.80 Å². The van der Waals surface area contributed by atoms with Crippen LogP contribution in [0.25, 0.3) is 0 Å². The molecular formula is C14H24N2. The Labute approximate surface area is 99.6 Å². The van der Waals surface area contributed by atoms with Crippen LogP contribution in [0.15, 0.2) is 23.9 Å². The quantitative estimate of drug-likeness (QED) is 0.721. The van der Waals surface area contributed by atoms with Crippen LogP contribution in [0.4, 0.5) is 0 Å². The summed E-state index contributed by atoms with van der Waals surface area (Å²) in [7, 11) is 0. The average Bonchev–Trinajstić information content (AvgIpc) is 2.39. The molecule has 0 aromatic rings. The maximum Gasteiger partial charge on any atom is 0.0359 e. The molecule has 0 aliphatic carbocycles. The molecule has 0 spiro atoms. The van der Waals surface area contributed by atoms with Crippen LogP contribution in [0.1, 0.15) is 26.7 Å². The smallest absolute Gasteiger partial charge is 0.0359 e. The van der Waals surface area contributed by atoms with E-state index in [1.54, 1.807) is 5.57 Å². The molecule has 0 unspecified atom stereocenters. The maximum atomic E-state index is 2.56. The van der Waals surface area contributed by atoms with E-state index in [1.807, 2.05) is 0 Å². The van der Waals surface area contributed by atoms with Crippen LogP contribution in [-0.4, -0.2) is 42.5 Å². The molecule has 2 nitrogen and oxygen atoms in total. The van der Waals surface area contributed by atoms with Crippen LogP contribution in [0.5, 0.6) is 0 Å². The van der Waals surface area contributed by atoms with E-state index in [0.717, 1.165) is 19.0 Å². The summed E-state index contributed by atoms with van der Waals surface area (Å²) >= 11 is 0. The lowest BCUT2D eigenvalue weighted by Gasteiger charge is -2.33. The molecule has 0 bridgehead atoms. The van der Waals surface area contributed by atoms with Gasteiger partial charge in [0.15, 0.2) is 0 Å². The van der Waals surface area contributed by atoms with Gasteiger partial charge in [-0.05, 0) is 63.2 Å². The van der Waals surface area contributed by atoms with Gasteiger partial charge in [-0.15, -0.1) is 0 Å². The van der Waals surface area contributed by atoms with Crippen LogP contribution in [-0.2, 0) is 0 Å². The molecule has 2 rings (SSSR count). The van der Waals surface area contributed by atoms with Gasteiger partial charge in [0.25, 0.3) is 0 Å². The summed E-state index contributed by atoms with van der Waals surface area (Å²) in [6.07, 6.45) is 9.71. The third-order valence-corrected chi connectivity index (χ3v) is 3.95. The van der Waals surface area contributed by atoms with Crippen LogP contribution >= 0.6 is 0 Å². The van der Waals surface area contributed by atoms with Gasteiger partial charge in [0.1, 0.15) is 0 Å². The first-order chi connectivity index (χ1) is 7.83. The number of hydrogen-bond acceptors (Lipinski definition) is 2. The summed E-state index contributed by atoms with van der Waals surface area (Å²) in [5.74, 6) is 0.818. The van der Waals surface area contributed by atoms with E-state index in [-0.39, 0.29) is 0 Å². The zero-order chi connectivity index (χ0) is 11.4. The second-order valence-corrected chi connectivity index (χ2v) is 4.82. The fourth-order valence-electron chi connectivity index (χ4n) is 2.66. The Morgan fingerprint density at radius 1 is 1.19 bits per heavy atom. The molecule has 0 saturated carbocycles. The van der Waals surface area contributed by atoms with Gasteiger partial charge in [-0.2, -0.15) is 0 Å². The highest BCUT2D eigenvalue weighted by Gasteiger charge is 2.21. The molecule has 0 atom stereocenters. The van der Waals surface area contributed by atoms with E-state index >= 15 is 0 Å². The molecule has 1 fully saturated rings. The Bertz CT molecular complexity index is 272. The SMILES string of the molecule is CCN1C=CC(C2CCN(CC)CC2)=CC1. The molecule has 2 aliphatic heterocycles. The molecule has 2 heteroatoms. The molecule has 2 heterocycles. The fourth-order valence-corrected chi connectivity index (χ4v) is 2.66. The van der Waals surface area contributed by atoms with E-state index in [0.29, 0.717) is 0 Å². The van der Waals surface area contributed by atoms with Crippen molar-refractivity contribution in [2.75, 3.05) is 32.7 Å². The molecular weight excluding hydrogens is 196 g/mol. The van der Waals surface area contributed by atoms with Crippen LogP contribution in [0.3, 0.4) is 0 Å². The third kappa shape index (κ3) is 2.67. The van der Waals surface area contributed by atoms with Gasteiger partial charge in [-0.25, -0.2) is 0 Å². The van der Waals surface area contributed by atoms with E-state index < -0.39 is 0 Å². The lowest BCUT2D eigenvalue weighted by atomic mass is 9.88. The second kappa shape index (κ2) is 5.53. The summed E-state index contributed by atoms with van der Waals surface area (Å²) in [4.78, 5) is 4.91. The van der Waals surface area contributed by atoms with E-state index in [1.165, 1.54) is 32.5 Å². The lowest BCUT2D eigenvalue weighted by Crippen LogP contribution is -2.34. The van der Waals surface area contributed by atoms with Crippen molar-refractivity contribution < 1.29 is 0 Å². The number of likely N-dealkylation sites (tertiary alicyclic amines) is 1. The molecule has 0 N–H and O–H groups in total. The fraction of sp³-hybridized carbons (Fsp3) is 0.714. The lowest BCUT2D eigenvalue weighted by molar-refractivity contribution is 0.208. The van der Waals surface area contributed by atoms with Crippen LogP contribution in [0, 0.1) is 5.92 Å². The number of piperidine rings is 1. The first kappa shape index (κ1) is 11.7. The number of nitrogens with zero attached hydrogens (tertiary/aromatic N) is 2. The summed E-state index contributed by atoms with van der Waals surface area (Å²) in [6, 6.07) is 0. The van der Waals surface area contributed by atoms with Gasteiger partial charge in [0, 0.05) is 13.1 Å². The van der Waals surface area contributed by atoms with E-state index in [2.05, 4.69) is 42.0 Å². The van der Waals surface area contributed by atoms with E-state index in [4.69, 9.17) is 0 Å². The van der Waals surface area contributed by atoms with Crippen molar-refractivity contribution in [3.63, 3.8) is 0 Å². The third-order valence-electron chi connectivity index (χ3n) is 3.95. The largest absolute Gasteiger partial charge is 0.374 e. The monoisotopic (exact) mass is 220 g/mol. The van der Waals surface area contributed by atoms with E-state index in [9.17, 15) is 0 Å². The highest BCUT2D eigenvalue weighted by atomic mass is 15.1. The van der Waals surface area contributed by atoms with Crippen molar-refractivity contribution >= 4 is 0 Å². The zero-order valence-electron chi connectivity index (χ0n) is 10.7. The molecule has 0 radical (unpaired) electrons. The first-order valence-electron chi connectivity index (χ1n) is 6.68. The van der Waals surface area contributed by atoms with Crippen molar-refractivity contribution in [3.8, 4) is 0 Å². The summed E-state index contributed by atoms with van der Waals surface area (Å²) in [5.41, 5.74) is 1.58. The van der Waals surface area contributed by atoms with Gasteiger partial charge in [-0.3, -0.25) is 0 Å². The Morgan fingerprint density at radius 2 is 1.94 bits per heavy atom. The number of allylic oxidation sites excluding steroid dienone is 2. The summed E-state index contributed by atoms with van der Waals surface area (Å²) in [6.45, 7) is 10.5. The Hall–Kier alpha value is -0.760. The normalized spacial score (nSPS) is 23.6.